The average molecular weight is 468 g/mol. The van der Waals surface area contributed by atoms with Crippen LogP contribution < -0.4 is 4.90 Å². The molecule has 7 aromatic rings. The lowest BCUT2D eigenvalue weighted by Crippen LogP contribution is -2.36. The fraction of sp³-hybridized carbons (Fsp3) is 0.133. The third-order valence-electron chi connectivity index (χ3n) is 7.35. The van der Waals surface area contributed by atoms with E-state index in [1.165, 1.54) is 16.5 Å². The molecule has 0 N–H and O–H groups in total. The third-order valence-corrected chi connectivity index (χ3v) is 7.35. The molecule has 0 radical (unpaired) electrons. The molecule has 0 bridgehead atoms. The van der Waals surface area contributed by atoms with Crippen molar-refractivity contribution in [3.05, 3.63) is 79.1 Å². The first kappa shape index (κ1) is 19.8. The molecule has 6 nitrogen and oxygen atoms in total. The molecule has 172 valence electrons. The Hall–Kier alpha value is -4.42. The summed E-state index contributed by atoms with van der Waals surface area (Å²) in [6, 6.07) is 23.3. The number of ether oxygens (including phenoxy) is 1. The predicted octanol–water partition coefficient (Wildman–Crippen LogP) is 6.02. The maximum absolute atomic E-state index is 5.57. The van der Waals surface area contributed by atoms with Crippen LogP contribution in [0, 0.1) is 0 Å². The van der Waals surface area contributed by atoms with E-state index < -0.39 is 0 Å². The molecular weight excluding hydrogens is 446 g/mol. The van der Waals surface area contributed by atoms with Crippen LogP contribution in [0.25, 0.3) is 65.4 Å². The number of aromatic nitrogens is 4. The Bertz CT molecular complexity index is 2000. The number of rotatable bonds is 1. The van der Waals surface area contributed by atoms with Gasteiger partial charge in [0.1, 0.15) is 0 Å². The van der Waals surface area contributed by atoms with E-state index in [0.29, 0.717) is 0 Å². The van der Waals surface area contributed by atoms with Gasteiger partial charge in [-0.25, -0.2) is 9.97 Å². The highest BCUT2D eigenvalue weighted by molar-refractivity contribution is 6.27. The third kappa shape index (κ3) is 2.76. The molecule has 0 amide bonds. The summed E-state index contributed by atoms with van der Waals surface area (Å²) in [5.74, 6) is 0. The van der Waals surface area contributed by atoms with Crippen molar-refractivity contribution >= 4 is 71.1 Å². The molecule has 36 heavy (non-hydrogen) atoms. The Morgan fingerprint density at radius 2 is 1.08 bits per heavy atom. The van der Waals surface area contributed by atoms with E-state index in [1.807, 2.05) is 24.5 Å². The molecule has 6 heteroatoms. The van der Waals surface area contributed by atoms with Gasteiger partial charge in [0.25, 0.3) is 0 Å². The summed E-state index contributed by atoms with van der Waals surface area (Å²) in [7, 11) is 0. The summed E-state index contributed by atoms with van der Waals surface area (Å²) < 4.78 is 5.57. The Morgan fingerprint density at radius 1 is 0.528 bits per heavy atom. The van der Waals surface area contributed by atoms with Gasteiger partial charge < -0.3 is 9.64 Å². The zero-order chi connectivity index (χ0) is 23.6. The van der Waals surface area contributed by atoms with E-state index in [-0.39, 0.29) is 0 Å². The van der Waals surface area contributed by atoms with Crippen LogP contribution in [0.5, 0.6) is 0 Å². The van der Waals surface area contributed by atoms with Crippen LogP contribution in [0.2, 0.25) is 0 Å². The number of hydrogen-bond acceptors (Lipinski definition) is 6. The highest BCUT2D eigenvalue weighted by Gasteiger charge is 2.18. The molecule has 1 saturated heterocycles. The lowest BCUT2D eigenvalue weighted by molar-refractivity contribution is 0.122. The molecule has 4 aromatic carbocycles. The quantitative estimate of drug-likeness (QED) is 0.217. The van der Waals surface area contributed by atoms with Crippen molar-refractivity contribution in [2.24, 2.45) is 0 Å². The Morgan fingerprint density at radius 3 is 1.75 bits per heavy atom. The highest BCUT2D eigenvalue weighted by Crippen LogP contribution is 2.38. The fourth-order valence-corrected chi connectivity index (χ4v) is 5.66. The molecular formula is C30H21N5O. The van der Waals surface area contributed by atoms with Crippen molar-refractivity contribution < 1.29 is 4.74 Å². The van der Waals surface area contributed by atoms with E-state index in [0.717, 1.165) is 80.9 Å². The predicted molar refractivity (Wildman–Crippen MR) is 146 cm³/mol. The molecule has 1 fully saturated rings. The van der Waals surface area contributed by atoms with Crippen LogP contribution in [0.3, 0.4) is 0 Å². The van der Waals surface area contributed by atoms with Gasteiger partial charge in [-0.05, 0) is 47.2 Å². The highest BCUT2D eigenvalue weighted by atomic mass is 16.5. The second kappa shape index (κ2) is 7.54. The summed E-state index contributed by atoms with van der Waals surface area (Å²) in [6.45, 7) is 3.33. The summed E-state index contributed by atoms with van der Waals surface area (Å²) in [5, 5.41) is 6.55. The molecule has 0 unspecified atom stereocenters. The van der Waals surface area contributed by atoms with Gasteiger partial charge in [0.05, 0.1) is 46.3 Å². The zero-order valence-corrected chi connectivity index (χ0v) is 19.5. The molecule has 0 atom stereocenters. The molecule has 1 aliphatic heterocycles. The Labute approximate surface area is 206 Å². The van der Waals surface area contributed by atoms with Gasteiger partial charge in [0.15, 0.2) is 0 Å². The molecule has 8 rings (SSSR count). The lowest BCUT2D eigenvalue weighted by atomic mass is 9.98. The number of hydrogen-bond donors (Lipinski definition) is 0. The average Bonchev–Trinajstić information content (AvgIpc) is 2.97. The van der Waals surface area contributed by atoms with E-state index in [1.54, 1.807) is 0 Å². The van der Waals surface area contributed by atoms with Crippen LogP contribution in [-0.4, -0.2) is 46.2 Å². The Balaban J connectivity index is 1.55. The van der Waals surface area contributed by atoms with Gasteiger partial charge in [-0.2, -0.15) is 0 Å². The molecule has 0 saturated carbocycles. The van der Waals surface area contributed by atoms with Crippen molar-refractivity contribution in [3.63, 3.8) is 0 Å². The minimum atomic E-state index is 0.762. The van der Waals surface area contributed by atoms with E-state index in [9.17, 15) is 0 Å². The van der Waals surface area contributed by atoms with Crippen LogP contribution in [-0.2, 0) is 4.74 Å². The van der Waals surface area contributed by atoms with Crippen molar-refractivity contribution in [1.29, 1.82) is 0 Å². The molecule has 0 spiro atoms. The summed E-state index contributed by atoms with van der Waals surface area (Å²) in [4.78, 5) is 22.3. The van der Waals surface area contributed by atoms with E-state index in [2.05, 4.69) is 69.5 Å². The lowest BCUT2D eigenvalue weighted by Gasteiger charge is -2.29. The van der Waals surface area contributed by atoms with Gasteiger partial charge >= 0.3 is 0 Å². The first-order chi connectivity index (χ1) is 17.9. The minimum Gasteiger partial charge on any atom is -0.378 e. The van der Waals surface area contributed by atoms with Crippen LogP contribution in [0.15, 0.2) is 79.1 Å². The summed E-state index contributed by atoms with van der Waals surface area (Å²) >= 11 is 0. The van der Waals surface area contributed by atoms with Crippen LogP contribution in [0.1, 0.15) is 0 Å². The van der Waals surface area contributed by atoms with Crippen molar-refractivity contribution in [1.82, 2.24) is 19.9 Å². The minimum absolute atomic E-state index is 0.762. The van der Waals surface area contributed by atoms with Gasteiger partial charge in [-0.15, -0.1) is 0 Å². The normalized spacial score (nSPS) is 14.6. The number of anilines is 1. The Kier molecular flexibility index (Phi) is 4.15. The maximum Gasteiger partial charge on any atom is 0.0996 e. The SMILES string of the molecule is c1ccc2c(c1)c1cc(N3CCOCC3)ccc1c1nc3c4cccnc4c4ncccc4c3nc21. The van der Waals surface area contributed by atoms with Crippen molar-refractivity contribution in [3.8, 4) is 0 Å². The number of fused-ring (bicyclic) bond motifs is 12. The molecule has 1 aliphatic rings. The molecule has 0 aliphatic carbocycles. The van der Waals surface area contributed by atoms with Crippen molar-refractivity contribution in [2.45, 2.75) is 0 Å². The van der Waals surface area contributed by atoms with Crippen LogP contribution in [0.4, 0.5) is 5.69 Å². The monoisotopic (exact) mass is 467 g/mol. The number of morpholine rings is 1. The van der Waals surface area contributed by atoms with Gasteiger partial charge in [0.2, 0.25) is 0 Å². The smallest absolute Gasteiger partial charge is 0.0996 e. The van der Waals surface area contributed by atoms with Gasteiger partial charge in [0, 0.05) is 52.7 Å². The first-order valence-electron chi connectivity index (χ1n) is 12.3. The molecule has 4 heterocycles. The topological polar surface area (TPSA) is 64.0 Å². The fourth-order valence-electron chi connectivity index (χ4n) is 5.66. The number of benzene rings is 4. The second-order valence-electron chi connectivity index (χ2n) is 9.29. The van der Waals surface area contributed by atoms with Gasteiger partial charge in [-0.1, -0.05) is 30.3 Å². The number of nitrogens with zero attached hydrogens (tertiary/aromatic N) is 5. The largest absolute Gasteiger partial charge is 0.378 e. The van der Waals surface area contributed by atoms with Crippen LogP contribution >= 0.6 is 0 Å². The first-order valence-corrected chi connectivity index (χ1v) is 12.3. The molecule has 3 aromatic heterocycles. The van der Waals surface area contributed by atoms with Gasteiger partial charge in [-0.3, -0.25) is 9.97 Å². The zero-order valence-electron chi connectivity index (χ0n) is 19.5. The van der Waals surface area contributed by atoms with E-state index in [4.69, 9.17) is 14.7 Å². The standard InChI is InChI=1S/C30H21N5O/c1-2-6-20-19(5-1)24-17-18(35-13-15-36-16-14-35)9-10-21(24)28-27(20)33-29-22-7-3-11-31-25(22)26-23(30(29)34-28)8-4-12-32-26/h1-12,17H,13-16H2. The number of pyridine rings is 2. The summed E-state index contributed by atoms with van der Waals surface area (Å²) in [5.41, 5.74) is 6.48. The van der Waals surface area contributed by atoms with Crippen molar-refractivity contribution in [2.75, 3.05) is 31.2 Å². The second-order valence-corrected chi connectivity index (χ2v) is 9.29. The summed E-state index contributed by atoms with van der Waals surface area (Å²) in [6.07, 6.45) is 3.62. The van der Waals surface area contributed by atoms with E-state index >= 15 is 0 Å². The maximum atomic E-state index is 5.57.